The summed E-state index contributed by atoms with van der Waals surface area (Å²) >= 11 is 0. The molecule has 0 saturated heterocycles. The Kier molecular flexibility index (Phi) is 7.33. The lowest BCUT2D eigenvalue weighted by Gasteiger charge is -2.26. The van der Waals surface area contributed by atoms with Crippen molar-refractivity contribution in [2.45, 2.75) is 32.1 Å². The van der Waals surface area contributed by atoms with Crippen LogP contribution in [0, 0.1) is 0 Å². The van der Waals surface area contributed by atoms with Gasteiger partial charge in [-0.05, 0) is 30.0 Å². The molecule has 0 heterocycles. The van der Waals surface area contributed by atoms with E-state index in [1.54, 1.807) is 30.3 Å². The Morgan fingerprint density at radius 2 is 1.77 bits per heavy atom. The van der Waals surface area contributed by atoms with Crippen molar-refractivity contribution < 1.29 is 19.2 Å². The summed E-state index contributed by atoms with van der Waals surface area (Å²) in [6.07, 6.45) is 2.81. The van der Waals surface area contributed by atoms with E-state index in [1.807, 2.05) is 43.3 Å². The molecule has 0 radical (unpaired) electrons. The second-order valence-corrected chi connectivity index (χ2v) is 6.97. The van der Waals surface area contributed by atoms with Gasteiger partial charge in [0.15, 0.2) is 5.78 Å². The summed E-state index contributed by atoms with van der Waals surface area (Å²) in [5.74, 6) is -0.314. The van der Waals surface area contributed by atoms with Crippen LogP contribution in [-0.4, -0.2) is 24.1 Å². The SMILES string of the molecule is C=CCO/N=C(/CC)C1=C(OC(=O)c2ccccc2)CC(c2ccccc2)CC1=O. The van der Waals surface area contributed by atoms with E-state index in [0.29, 0.717) is 41.9 Å². The van der Waals surface area contributed by atoms with Crippen LogP contribution >= 0.6 is 0 Å². The number of benzene rings is 2. The minimum atomic E-state index is -0.493. The van der Waals surface area contributed by atoms with Crippen molar-refractivity contribution >= 4 is 17.5 Å². The fraction of sp³-hybridized carbons (Fsp3) is 0.240. The van der Waals surface area contributed by atoms with Crippen LogP contribution in [-0.2, 0) is 14.4 Å². The number of Topliss-reactive ketones (excluding diaryl/α,β-unsaturated/α-hetero) is 1. The molecule has 3 rings (SSSR count). The number of rotatable bonds is 8. The van der Waals surface area contributed by atoms with Gasteiger partial charge in [-0.3, -0.25) is 4.79 Å². The van der Waals surface area contributed by atoms with Crippen molar-refractivity contribution in [2.24, 2.45) is 5.16 Å². The molecular weight excluding hydrogens is 378 g/mol. The van der Waals surface area contributed by atoms with Crippen LogP contribution in [0.15, 0.2) is 89.8 Å². The molecule has 0 aromatic heterocycles. The van der Waals surface area contributed by atoms with Crippen LogP contribution in [0.25, 0.3) is 0 Å². The zero-order chi connectivity index (χ0) is 21.3. The molecule has 2 aromatic carbocycles. The number of esters is 1. The second-order valence-electron chi connectivity index (χ2n) is 6.97. The predicted molar refractivity (Wildman–Crippen MR) is 116 cm³/mol. The second kappa shape index (κ2) is 10.3. The summed E-state index contributed by atoms with van der Waals surface area (Å²) in [6.45, 7) is 5.72. The summed E-state index contributed by atoms with van der Waals surface area (Å²) in [6, 6.07) is 18.5. The third-order valence-corrected chi connectivity index (χ3v) is 4.91. The van der Waals surface area contributed by atoms with Crippen LogP contribution in [0.2, 0.25) is 0 Å². The lowest BCUT2D eigenvalue weighted by molar-refractivity contribution is -0.116. The average Bonchev–Trinajstić information content (AvgIpc) is 2.78. The first-order valence-electron chi connectivity index (χ1n) is 10.0. The van der Waals surface area contributed by atoms with Crippen LogP contribution in [0.3, 0.4) is 0 Å². The van der Waals surface area contributed by atoms with Gasteiger partial charge in [0, 0.05) is 12.8 Å². The van der Waals surface area contributed by atoms with Gasteiger partial charge in [-0.2, -0.15) is 0 Å². The van der Waals surface area contributed by atoms with E-state index in [4.69, 9.17) is 9.57 Å². The zero-order valence-corrected chi connectivity index (χ0v) is 17.0. The number of carbonyl (C=O) groups excluding carboxylic acids is 2. The molecule has 0 fully saturated rings. The van der Waals surface area contributed by atoms with Gasteiger partial charge in [0.2, 0.25) is 0 Å². The molecule has 154 valence electrons. The first-order chi connectivity index (χ1) is 14.6. The van der Waals surface area contributed by atoms with Gasteiger partial charge in [-0.25, -0.2) is 4.79 Å². The van der Waals surface area contributed by atoms with Gasteiger partial charge in [0.25, 0.3) is 0 Å². The van der Waals surface area contributed by atoms with Crippen LogP contribution in [0.4, 0.5) is 0 Å². The Balaban J connectivity index is 1.98. The molecule has 0 amide bonds. The van der Waals surface area contributed by atoms with Crippen molar-refractivity contribution in [3.8, 4) is 0 Å². The quantitative estimate of drug-likeness (QED) is 0.199. The number of ether oxygens (including phenoxy) is 1. The van der Waals surface area contributed by atoms with Crippen molar-refractivity contribution in [1.29, 1.82) is 0 Å². The van der Waals surface area contributed by atoms with E-state index >= 15 is 0 Å². The lowest BCUT2D eigenvalue weighted by atomic mass is 9.81. The number of hydrogen-bond donors (Lipinski definition) is 0. The van der Waals surface area contributed by atoms with Crippen LogP contribution < -0.4 is 0 Å². The smallest absolute Gasteiger partial charge is 0.343 e. The van der Waals surface area contributed by atoms with Gasteiger partial charge in [0.1, 0.15) is 12.4 Å². The molecule has 1 unspecified atom stereocenters. The molecule has 0 N–H and O–H groups in total. The van der Waals surface area contributed by atoms with E-state index < -0.39 is 5.97 Å². The Bertz CT molecular complexity index is 961. The Morgan fingerprint density at radius 1 is 1.10 bits per heavy atom. The van der Waals surface area contributed by atoms with E-state index in [0.717, 1.165) is 5.56 Å². The van der Waals surface area contributed by atoms with Gasteiger partial charge < -0.3 is 9.57 Å². The third-order valence-electron chi connectivity index (χ3n) is 4.91. The third kappa shape index (κ3) is 5.11. The summed E-state index contributed by atoms with van der Waals surface area (Å²) in [5.41, 5.74) is 2.29. The molecule has 2 aromatic rings. The van der Waals surface area contributed by atoms with E-state index in [2.05, 4.69) is 11.7 Å². The van der Waals surface area contributed by atoms with Crippen molar-refractivity contribution in [3.63, 3.8) is 0 Å². The summed E-state index contributed by atoms with van der Waals surface area (Å²) in [7, 11) is 0. The number of hydrogen-bond acceptors (Lipinski definition) is 5. The average molecular weight is 403 g/mol. The highest BCUT2D eigenvalue weighted by Gasteiger charge is 2.33. The van der Waals surface area contributed by atoms with Gasteiger partial charge in [0.05, 0.1) is 16.8 Å². The minimum Gasteiger partial charge on any atom is -0.427 e. The minimum absolute atomic E-state index is 0.0618. The fourth-order valence-electron chi connectivity index (χ4n) is 3.45. The Labute approximate surface area is 176 Å². The molecule has 0 saturated carbocycles. The Hall–Kier alpha value is -3.47. The number of oxime groups is 1. The zero-order valence-electron chi connectivity index (χ0n) is 17.0. The molecule has 0 spiro atoms. The summed E-state index contributed by atoms with van der Waals surface area (Å²) < 4.78 is 5.76. The van der Waals surface area contributed by atoms with Crippen molar-refractivity contribution in [2.75, 3.05) is 6.61 Å². The maximum absolute atomic E-state index is 13.1. The number of carbonyl (C=O) groups is 2. The highest BCUT2D eigenvalue weighted by atomic mass is 16.6. The molecule has 0 bridgehead atoms. The molecule has 1 aliphatic rings. The molecule has 0 aliphatic heterocycles. The lowest BCUT2D eigenvalue weighted by Crippen LogP contribution is -2.26. The van der Waals surface area contributed by atoms with E-state index in [1.165, 1.54) is 0 Å². The maximum atomic E-state index is 13.1. The summed E-state index contributed by atoms with van der Waals surface area (Å²) in [4.78, 5) is 31.1. The van der Waals surface area contributed by atoms with Crippen molar-refractivity contribution in [1.82, 2.24) is 0 Å². The van der Waals surface area contributed by atoms with E-state index in [9.17, 15) is 9.59 Å². The van der Waals surface area contributed by atoms with Crippen LogP contribution in [0.5, 0.6) is 0 Å². The van der Waals surface area contributed by atoms with Crippen molar-refractivity contribution in [3.05, 3.63) is 95.8 Å². The largest absolute Gasteiger partial charge is 0.427 e. The topological polar surface area (TPSA) is 65.0 Å². The molecule has 5 heteroatoms. The monoisotopic (exact) mass is 403 g/mol. The van der Waals surface area contributed by atoms with Gasteiger partial charge in [-0.15, -0.1) is 0 Å². The van der Waals surface area contributed by atoms with E-state index in [-0.39, 0.29) is 18.3 Å². The maximum Gasteiger partial charge on any atom is 0.343 e. The first-order valence-corrected chi connectivity index (χ1v) is 10.0. The summed E-state index contributed by atoms with van der Waals surface area (Å²) in [5, 5.41) is 4.11. The standard InChI is InChI=1S/C25H25NO4/c1-3-15-29-26-21(4-2)24-22(27)16-20(18-11-7-5-8-12-18)17-23(24)30-25(28)19-13-9-6-10-14-19/h3,5-14,20H,1,4,15-17H2,2H3/b26-21-. The molecule has 5 nitrogen and oxygen atoms in total. The normalized spacial score (nSPS) is 16.9. The number of allylic oxidation sites excluding steroid dienone is 2. The number of ketones is 1. The number of nitrogens with zero attached hydrogens (tertiary/aromatic N) is 1. The first kappa shape index (κ1) is 21.2. The molecule has 30 heavy (non-hydrogen) atoms. The molecule has 1 atom stereocenters. The molecule has 1 aliphatic carbocycles. The highest BCUT2D eigenvalue weighted by Crippen LogP contribution is 2.36. The van der Waals surface area contributed by atoms with Gasteiger partial charge in [-0.1, -0.05) is 73.3 Å². The predicted octanol–water partition coefficient (Wildman–Crippen LogP) is 5.21. The highest BCUT2D eigenvalue weighted by molar-refractivity contribution is 6.23. The fourth-order valence-corrected chi connectivity index (χ4v) is 3.45. The molecular formula is C25H25NO4. The van der Waals surface area contributed by atoms with Crippen LogP contribution in [0.1, 0.15) is 48.0 Å². The Morgan fingerprint density at radius 3 is 2.40 bits per heavy atom. The van der Waals surface area contributed by atoms with Gasteiger partial charge >= 0.3 is 5.97 Å².